The van der Waals surface area contributed by atoms with E-state index in [-0.39, 0.29) is 5.41 Å². The molecule has 2 aliphatic rings. The summed E-state index contributed by atoms with van der Waals surface area (Å²) in [6.07, 6.45) is 1.85. The highest BCUT2D eigenvalue weighted by Gasteiger charge is 2.51. The van der Waals surface area contributed by atoms with Crippen LogP contribution < -0.4 is 4.90 Å². The molecule has 1 heterocycles. The molecule has 4 aromatic carbocycles. The van der Waals surface area contributed by atoms with Crippen LogP contribution in [0.25, 0.3) is 22.3 Å². The van der Waals surface area contributed by atoms with E-state index in [1.54, 1.807) is 0 Å². The fourth-order valence-corrected chi connectivity index (χ4v) is 5.98. The van der Waals surface area contributed by atoms with E-state index >= 15 is 0 Å². The second-order valence-electron chi connectivity index (χ2n) is 8.86. The Bertz CT molecular complexity index is 1470. The first-order valence-corrected chi connectivity index (χ1v) is 11.4. The summed E-state index contributed by atoms with van der Waals surface area (Å²) in [6, 6.07) is 39.7. The van der Waals surface area contributed by atoms with Crippen LogP contribution in [-0.4, -0.2) is 12.0 Å². The minimum atomic E-state index is -0.305. The molecular formula is C31H22N2. The molecule has 2 heteroatoms. The van der Waals surface area contributed by atoms with E-state index in [2.05, 4.69) is 114 Å². The minimum Gasteiger partial charge on any atom is -0.329 e. The van der Waals surface area contributed by atoms with Gasteiger partial charge in [-0.05, 0) is 68.8 Å². The molecule has 1 spiro atoms. The number of pyridine rings is 1. The van der Waals surface area contributed by atoms with Gasteiger partial charge in [0.15, 0.2) is 0 Å². The predicted octanol–water partition coefficient (Wildman–Crippen LogP) is 7.19. The largest absolute Gasteiger partial charge is 0.329 e. The van der Waals surface area contributed by atoms with E-state index in [4.69, 9.17) is 0 Å². The van der Waals surface area contributed by atoms with Crippen LogP contribution in [0.15, 0.2) is 115 Å². The van der Waals surface area contributed by atoms with E-state index in [1.165, 1.54) is 44.5 Å². The number of nitrogens with zero attached hydrogens (tertiary/aromatic N) is 2. The third kappa shape index (κ3) is 2.30. The van der Waals surface area contributed by atoms with Gasteiger partial charge in [-0.2, -0.15) is 0 Å². The SMILES string of the molecule is CN(c1ccc2c(c1)C1(c3ccccc3-c3ccccc31)c1ccccc1-2)c1ccccn1. The normalized spacial score (nSPS) is 13.8. The van der Waals surface area contributed by atoms with Crippen LogP contribution in [0.2, 0.25) is 0 Å². The summed E-state index contributed by atoms with van der Waals surface area (Å²) < 4.78 is 0. The molecule has 1 aromatic heterocycles. The fourth-order valence-electron chi connectivity index (χ4n) is 5.98. The maximum atomic E-state index is 4.57. The van der Waals surface area contributed by atoms with Gasteiger partial charge in [0.25, 0.3) is 0 Å². The van der Waals surface area contributed by atoms with Crippen molar-refractivity contribution < 1.29 is 0 Å². The standard InChI is InChI=1S/C31H22N2/c1-33(30-16-8-9-19-32-30)21-17-18-25-24-12-4-7-15-28(24)31(29(25)20-21)26-13-5-2-10-22(26)23-11-3-6-14-27(23)31/h2-20H,1H3. The van der Waals surface area contributed by atoms with Gasteiger partial charge in [0.2, 0.25) is 0 Å². The van der Waals surface area contributed by atoms with Crippen LogP contribution in [-0.2, 0) is 5.41 Å². The third-order valence-corrected chi connectivity index (χ3v) is 7.36. The van der Waals surface area contributed by atoms with Gasteiger partial charge in [-0.3, -0.25) is 0 Å². The maximum absolute atomic E-state index is 4.57. The van der Waals surface area contributed by atoms with E-state index in [0.29, 0.717) is 0 Å². The zero-order valence-corrected chi connectivity index (χ0v) is 18.4. The van der Waals surface area contributed by atoms with Gasteiger partial charge in [-0.1, -0.05) is 84.9 Å². The molecule has 5 aromatic rings. The summed E-state index contributed by atoms with van der Waals surface area (Å²) in [5, 5.41) is 0. The first-order chi connectivity index (χ1) is 16.3. The average Bonchev–Trinajstić information content (AvgIpc) is 3.36. The van der Waals surface area contributed by atoms with Crippen molar-refractivity contribution in [3.05, 3.63) is 138 Å². The zero-order valence-electron chi connectivity index (χ0n) is 18.4. The molecule has 0 atom stereocenters. The van der Waals surface area contributed by atoms with Crippen molar-refractivity contribution in [2.24, 2.45) is 0 Å². The molecule has 0 N–H and O–H groups in total. The summed E-state index contributed by atoms with van der Waals surface area (Å²) in [4.78, 5) is 6.75. The summed E-state index contributed by atoms with van der Waals surface area (Å²) in [5.74, 6) is 0.939. The first-order valence-electron chi connectivity index (χ1n) is 11.4. The fraction of sp³-hybridized carbons (Fsp3) is 0.0645. The average molecular weight is 423 g/mol. The Balaban J connectivity index is 1.57. The number of benzene rings is 4. The molecule has 0 fully saturated rings. The number of fused-ring (bicyclic) bond motifs is 10. The van der Waals surface area contributed by atoms with Crippen LogP contribution in [0.3, 0.4) is 0 Å². The van der Waals surface area contributed by atoms with Gasteiger partial charge in [-0.15, -0.1) is 0 Å². The number of hydrogen-bond acceptors (Lipinski definition) is 2. The predicted molar refractivity (Wildman–Crippen MR) is 135 cm³/mol. The van der Waals surface area contributed by atoms with E-state index in [9.17, 15) is 0 Å². The molecule has 0 saturated carbocycles. The first kappa shape index (κ1) is 18.4. The Morgan fingerprint density at radius 3 is 1.61 bits per heavy atom. The molecule has 0 amide bonds. The summed E-state index contributed by atoms with van der Waals surface area (Å²) in [5.41, 5.74) is 11.6. The molecule has 2 nitrogen and oxygen atoms in total. The van der Waals surface area contributed by atoms with Gasteiger partial charge in [0.05, 0.1) is 5.41 Å². The Hall–Kier alpha value is -4.17. The summed E-state index contributed by atoms with van der Waals surface area (Å²) >= 11 is 0. The smallest absolute Gasteiger partial charge is 0.132 e. The maximum Gasteiger partial charge on any atom is 0.132 e. The molecule has 0 saturated heterocycles. The van der Waals surface area contributed by atoms with Crippen molar-refractivity contribution in [1.82, 2.24) is 4.98 Å². The van der Waals surface area contributed by atoms with Crippen molar-refractivity contribution in [1.29, 1.82) is 0 Å². The third-order valence-electron chi connectivity index (χ3n) is 7.36. The topological polar surface area (TPSA) is 16.1 Å². The van der Waals surface area contributed by atoms with Gasteiger partial charge < -0.3 is 4.90 Å². The molecule has 0 radical (unpaired) electrons. The molecule has 33 heavy (non-hydrogen) atoms. The molecule has 0 unspecified atom stereocenters. The number of rotatable bonds is 2. The van der Waals surface area contributed by atoms with Crippen molar-refractivity contribution in [2.45, 2.75) is 5.41 Å². The van der Waals surface area contributed by atoms with Crippen molar-refractivity contribution >= 4 is 11.5 Å². The monoisotopic (exact) mass is 422 g/mol. The van der Waals surface area contributed by atoms with Crippen LogP contribution in [0.1, 0.15) is 22.3 Å². The van der Waals surface area contributed by atoms with Crippen molar-refractivity contribution in [3.8, 4) is 22.3 Å². The van der Waals surface area contributed by atoms with Crippen molar-refractivity contribution in [3.63, 3.8) is 0 Å². The second kappa shape index (κ2) is 6.66. The molecular weight excluding hydrogens is 400 g/mol. The van der Waals surface area contributed by atoms with Crippen LogP contribution in [0, 0.1) is 0 Å². The molecule has 0 aliphatic heterocycles. The highest BCUT2D eigenvalue weighted by atomic mass is 15.2. The highest BCUT2D eigenvalue weighted by molar-refractivity contribution is 5.95. The molecule has 7 rings (SSSR count). The Labute approximate surface area is 193 Å². The Morgan fingerprint density at radius 1 is 0.545 bits per heavy atom. The minimum absolute atomic E-state index is 0.305. The zero-order chi connectivity index (χ0) is 22.0. The second-order valence-corrected chi connectivity index (χ2v) is 8.86. The van der Waals surface area contributed by atoms with E-state index < -0.39 is 0 Å². The summed E-state index contributed by atoms with van der Waals surface area (Å²) in [6.45, 7) is 0. The lowest BCUT2D eigenvalue weighted by atomic mass is 9.70. The quantitative estimate of drug-likeness (QED) is 0.293. The Morgan fingerprint density at radius 2 is 1.06 bits per heavy atom. The number of aromatic nitrogens is 1. The molecule has 2 aliphatic carbocycles. The lowest BCUT2D eigenvalue weighted by molar-refractivity contribution is 0.793. The van der Waals surface area contributed by atoms with Crippen LogP contribution in [0.4, 0.5) is 11.5 Å². The van der Waals surface area contributed by atoms with Gasteiger partial charge in [0.1, 0.15) is 5.82 Å². The van der Waals surface area contributed by atoms with Crippen molar-refractivity contribution in [2.75, 3.05) is 11.9 Å². The van der Waals surface area contributed by atoms with E-state index in [1.807, 2.05) is 18.3 Å². The lowest BCUT2D eigenvalue weighted by Gasteiger charge is -2.31. The van der Waals surface area contributed by atoms with Gasteiger partial charge >= 0.3 is 0 Å². The Kier molecular flexibility index (Phi) is 3.72. The molecule has 156 valence electrons. The van der Waals surface area contributed by atoms with E-state index in [0.717, 1.165) is 11.5 Å². The highest BCUT2D eigenvalue weighted by Crippen LogP contribution is 2.63. The van der Waals surface area contributed by atoms with Crippen LogP contribution in [0.5, 0.6) is 0 Å². The summed E-state index contributed by atoms with van der Waals surface area (Å²) in [7, 11) is 2.09. The molecule has 0 bridgehead atoms. The lowest BCUT2D eigenvalue weighted by Crippen LogP contribution is -2.26. The number of hydrogen-bond donors (Lipinski definition) is 0. The van der Waals surface area contributed by atoms with Gasteiger partial charge in [0, 0.05) is 18.9 Å². The van der Waals surface area contributed by atoms with Crippen LogP contribution >= 0.6 is 0 Å². The number of anilines is 2. The van der Waals surface area contributed by atoms with Gasteiger partial charge in [-0.25, -0.2) is 4.98 Å².